The van der Waals surface area contributed by atoms with Crippen LogP contribution in [0.1, 0.15) is 24.8 Å². The summed E-state index contributed by atoms with van der Waals surface area (Å²) in [6.07, 6.45) is 7.48. The Morgan fingerprint density at radius 3 is 2.75 bits per heavy atom. The molecule has 1 saturated heterocycles. The van der Waals surface area contributed by atoms with Gasteiger partial charge in [0.05, 0.1) is 5.39 Å². The summed E-state index contributed by atoms with van der Waals surface area (Å²) in [7, 11) is 0. The number of hydrogen-bond donors (Lipinski definition) is 1. The van der Waals surface area contributed by atoms with Gasteiger partial charge in [-0.25, -0.2) is 9.37 Å². The van der Waals surface area contributed by atoms with Crippen LogP contribution < -0.4 is 4.74 Å². The number of rotatable bonds is 4. The van der Waals surface area contributed by atoms with Crippen molar-refractivity contribution < 1.29 is 9.13 Å². The Hall–Kier alpha value is -2.40. The number of nitrogens with zero attached hydrogens (tertiary/aromatic N) is 2. The number of hydrogen-bond acceptors (Lipinski definition) is 3. The number of nitrogens with one attached hydrogen (secondary N) is 1. The van der Waals surface area contributed by atoms with E-state index in [9.17, 15) is 4.39 Å². The number of aromatic amines is 1. The summed E-state index contributed by atoms with van der Waals surface area (Å²) in [6.45, 7) is 3.10. The molecular weight excluding hydrogens is 305 g/mol. The molecule has 124 valence electrons. The fourth-order valence-corrected chi connectivity index (χ4v) is 3.31. The molecule has 0 amide bonds. The predicted molar refractivity (Wildman–Crippen MR) is 91.7 cm³/mol. The van der Waals surface area contributed by atoms with Crippen molar-refractivity contribution in [2.75, 3.05) is 13.1 Å². The van der Waals surface area contributed by atoms with Gasteiger partial charge in [0, 0.05) is 18.9 Å². The zero-order valence-electron chi connectivity index (χ0n) is 13.5. The molecule has 4 nitrogen and oxygen atoms in total. The fraction of sp³-hybridized carbons (Fsp3) is 0.316. The lowest BCUT2D eigenvalue weighted by molar-refractivity contribution is 0.221. The van der Waals surface area contributed by atoms with Crippen molar-refractivity contribution in [2.45, 2.75) is 25.8 Å². The Labute approximate surface area is 140 Å². The first-order valence-electron chi connectivity index (χ1n) is 8.41. The van der Waals surface area contributed by atoms with Gasteiger partial charge in [-0.2, -0.15) is 0 Å². The van der Waals surface area contributed by atoms with Gasteiger partial charge in [0.2, 0.25) is 0 Å². The molecule has 3 aromatic rings. The number of H-pyrrole nitrogens is 1. The van der Waals surface area contributed by atoms with Gasteiger partial charge in [0.15, 0.2) is 11.6 Å². The number of para-hydroxylation sites is 1. The van der Waals surface area contributed by atoms with Crippen LogP contribution in [0.5, 0.6) is 11.5 Å². The van der Waals surface area contributed by atoms with Crippen molar-refractivity contribution in [3.63, 3.8) is 0 Å². The molecule has 4 rings (SSSR count). The molecule has 0 saturated carbocycles. The summed E-state index contributed by atoms with van der Waals surface area (Å²) in [5.41, 5.74) is 1.92. The Morgan fingerprint density at radius 1 is 1.08 bits per heavy atom. The van der Waals surface area contributed by atoms with Crippen LogP contribution in [0.15, 0.2) is 42.7 Å². The lowest BCUT2D eigenvalue weighted by Crippen LogP contribution is -2.28. The van der Waals surface area contributed by atoms with Crippen LogP contribution >= 0.6 is 0 Å². The van der Waals surface area contributed by atoms with Crippen molar-refractivity contribution in [1.29, 1.82) is 0 Å². The van der Waals surface area contributed by atoms with E-state index in [1.807, 2.05) is 6.20 Å². The number of ether oxygens (including phenoxy) is 1. The highest BCUT2D eigenvalue weighted by Crippen LogP contribution is 2.33. The number of pyridine rings is 1. The molecule has 2 aromatic heterocycles. The van der Waals surface area contributed by atoms with Crippen molar-refractivity contribution in [2.24, 2.45) is 0 Å². The number of benzene rings is 1. The molecule has 1 N–H and O–H groups in total. The van der Waals surface area contributed by atoms with Crippen LogP contribution in [-0.4, -0.2) is 28.0 Å². The highest BCUT2D eigenvalue weighted by Gasteiger charge is 2.17. The summed E-state index contributed by atoms with van der Waals surface area (Å²) < 4.78 is 19.8. The Kier molecular flexibility index (Phi) is 4.17. The van der Waals surface area contributed by atoms with Gasteiger partial charge < -0.3 is 9.72 Å². The van der Waals surface area contributed by atoms with E-state index >= 15 is 0 Å². The molecular formula is C19H20FN3O. The molecule has 0 radical (unpaired) electrons. The first-order valence-corrected chi connectivity index (χ1v) is 8.41. The SMILES string of the molecule is Fc1ccccc1Oc1ccnc2[nH]cc(CN3CCCCC3)c12. The van der Waals surface area contributed by atoms with Gasteiger partial charge in [-0.15, -0.1) is 0 Å². The minimum atomic E-state index is -0.365. The fourth-order valence-electron chi connectivity index (χ4n) is 3.31. The molecule has 1 aromatic carbocycles. The summed E-state index contributed by atoms with van der Waals surface area (Å²) in [5.74, 6) is 0.504. The van der Waals surface area contributed by atoms with Gasteiger partial charge >= 0.3 is 0 Å². The molecule has 1 aliphatic rings. The van der Waals surface area contributed by atoms with Gasteiger partial charge in [-0.05, 0) is 49.7 Å². The Morgan fingerprint density at radius 2 is 1.92 bits per heavy atom. The average molecular weight is 325 g/mol. The van der Waals surface area contributed by atoms with Gasteiger partial charge in [-0.3, -0.25) is 4.90 Å². The van der Waals surface area contributed by atoms with Crippen molar-refractivity contribution >= 4 is 11.0 Å². The molecule has 5 heteroatoms. The first kappa shape index (κ1) is 15.1. The number of piperidine rings is 1. The Balaban J connectivity index is 1.67. The summed E-state index contributed by atoms with van der Waals surface area (Å²) in [4.78, 5) is 10.0. The smallest absolute Gasteiger partial charge is 0.165 e. The molecule has 0 spiro atoms. The zero-order valence-corrected chi connectivity index (χ0v) is 13.5. The van der Waals surface area contributed by atoms with Crippen LogP contribution in [0.4, 0.5) is 4.39 Å². The first-order chi connectivity index (χ1) is 11.8. The normalized spacial score (nSPS) is 15.7. The number of halogens is 1. The number of likely N-dealkylation sites (tertiary alicyclic amines) is 1. The molecule has 3 heterocycles. The second-order valence-electron chi connectivity index (χ2n) is 6.22. The lowest BCUT2D eigenvalue weighted by Gasteiger charge is -2.26. The van der Waals surface area contributed by atoms with E-state index in [4.69, 9.17) is 4.74 Å². The maximum absolute atomic E-state index is 13.9. The van der Waals surface area contributed by atoms with Crippen molar-refractivity contribution in [1.82, 2.24) is 14.9 Å². The highest BCUT2D eigenvalue weighted by atomic mass is 19.1. The number of aromatic nitrogens is 2. The van der Waals surface area contributed by atoms with E-state index in [1.54, 1.807) is 30.5 Å². The second-order valence-corrected chi connectivity index (χ2v) is 6.22. The average Bonchev–Trinajstić information content (AvgIpc) is 3.02. The standard InChI is InChI=1S/C19H20FN3O/c20-15-6-2-3-7-16(15)24-17-8-9-21-19-18(17)14(12-22-19)13-23-10-4-1-5-11-23/h2-3,6-9,12H,1,4-5,10-11,13H2,(H,21,22). The van der Waals surface area contributed by atoms with Crippen LogP contribution in [0.2, 0.25) is 0 Å². The maximum Gasteiger partial charge on any atom is 0.165 e. The third kappa shape index (κ3) is 2.99. The van der Waals surface area contributed by atoms with E-state index in [1.165, 1.54) is 25.3 Å². The third-order valence-electron chi connectivity index (χ3n) is 4.52. The highest BCUT2D eigenvalue weighted by molar-refractivity contribution is 5.86. The molecule has 1 aliphatic heterocycles. The van der Waals surface area contributed by atoms with E-state index in [0.717, 1.165) is 36.2 Å². The third-order valence-corrected chi connectivity index (χ3v) is 4.52. The van der Waals surface area contributed by atoms with E-state index < -0.39 is 0 Å². The van der Waals surface area contributed by atoms with Gasteiger partial charge in [0.25, 0.3) is 0 Å². The van der Waals surface area contributed by atoms with Crippen molar-refractivity contribution in [3.05, 3.63) is 54.1 Å². The van der Waals surface area contributed by atoms with Gasteiger partial charge in [-0.1, -0.05) is 18.6 Å². The van der Waals surface area contributed by atoms with Crippen LogP contribution in [-0.2, 0) is 6.54 Å². The van der Waals surface area contributed by atoms with Crippen molar-refractivity contribution in [3.8, 4) is 11.5 Å². The summed E-state index contributed by atoms with van der Waals surface area (Å²) >= 11 is 0. The monoisotopic (exact) mass is 325 g/mol. The van der Waals surface area contributed by atoms with E-state index in [-0.39, 0.29) is 11.6 Å². The zero-order chi connectivity index (χ0) is 16.4. The maximum atomic E-state index is 13.9. The molecule has 0 bridgehead atoms. The minimum absolute atomic E-state index is 0.232. The van der Waals surface area contributed by atoms with Crippen LogP contribution in [0, 0.1) is 5.82 Å². The summed E-state index contributed by atoms with van der Waals surface area (Å²) in [5, 5.41) is 0.936. The van der Waals surface area contributed by atoms with E-state index in [0.29, 0.717) is 5.75 Å². The second kappa shape index (κ2) is 6.61. The quantitative estimate of drug-likeness (QED) is 0.769. The van der Waals surface area contributed by atoms with E-state index in [2.05, 4.69) is 14.9 Å². The molecule has 0 aliphatic carbocycles. The largest absolute Gasteiger partial charge is 0.453 e. The molecule has 0 atom stereocenters. The summed E-state index contributed by atoms with van der Waals surface area (Å²) in [6, 6.07) is 8.26. The minimum Gasteiger partial charge on any atom is -0.453 e. The van der Waals surface area contributed by atoms with Crippen LogP contribution in [0.3, 0.4) is 0 Å². The molecule has 0 unspecified atom stereocenters. The molecule has 24 heavy (non-hydrogen) atoms. The predicted octanol–water partition coefficient (Wildman–Crippen LogP) is 4.48. The van der Waals surface area contributed by atoms with Crippen LogP contribution in [0.25, 0.3) is 11.0 Å². The lowest BCUT2D eigenvalue weighted by atomic mass is 10.1. The van der Waals surface area contributed by atoms with Gasteiger partial charge in [0.1, 0.15) is 11.4 Å². The molecule has 1 fully saturated rings. The topological polar surface area (TPSA) is 41.1 Å². The Bertz CT molecular complexity index is 839. The number of fused-ring (bicyclic) bond motifs is 1.